The molecule has 0 spiro atoms. The fourth-order valence-corrected chi connectivity index (χ4v) is 5.03. The predicted molar refractivity (Wildman–Crippen MR) is 103 cm³/mol. The lowest BCUT2D eigenvalue weighted by molar-refractivity contribution is -0.115. The molecular weight excluding hydrogens is 369 g/mol. The summed E-state index contributed by atoms with van der Waals surface area (Å²) in [5.74, 6) is 0.406. The lowest BCUT2D eigenvalue weighted by Crippen LogP contribution is -2.36. The van der Waals surface area contributed by atoms with Crippen molar-refractivity contribution in [1.82, 2.24) is 4.98 Å². The number of rotatable bonds is 6. The van der Waals surface area contributed by atoms with E-state index in [0.717, 1.165) is 0 Å². The second-order valence-electron chi connectivity index (χ2n) is 6.60. The lowest BCUT2D eigenvalue weighted by Gasteiger charge is -2.28. The van der Waals surface area contributed by atoms with Gasteiger partial charge in [-0.25, -0.2) is 17.8 Å². The molecule has 1 atom stereocenters. The monoisotopic (exact) mass is 391 g/mol. The van der Waals surface area contributed by atoms with Crippen LogP contribution in [-0.4, -0.2) is 43.4 Å². The first-order valence-corrected chi connectivity index (χ1v) is 10.7. The Morgan fingerprint density at radius 1 is 1.33 bits per heavy atom. The van der Waals surface area contributed by atoms with Gasteiger partial charge in [-0.15, -0.1) is 0 Å². The Morgan fingerprint density at radius 3 is 2.74 bits per heavy atom. The highest BCUT2D eigenvalue weighted by molar-refractivity contribution is 7.91. The number of pyridine rings is 1. The molecule has 1 aliphatic heterocycles. The summed E-state index contributed by atoms with van der Waals surface area (Å²) in [5.41, 5.74) is 1.13. The Morgan fingerprint density at radius 2 is 2.15 bits per heavy atom. The Hall–Kier alpha value is -2.48. The number of hydrogen-bond donors (Lipinski definition) is 1. The third-order valence-corrected chi connectivity index (χ3v) is 6.32. The molecule has 144 valence electrons. The van der Waals surface area contributed by atoms with Gasteiger partial charge < -0.3 is 10.2 Å². The van der Waals surface area contributed by atoms with Gasteiger partial charge in [-0.1, -0.05) is 12.1 Å². The smallest absolute Gasteiger partial charge is 0.228 e. The Bertz CT molecular complexity index is 916. The van der Waals surface area contributed by atoms with E-state index in [1.165, 1.54) is 12.1 Å². The van der Waals surface area contributed by atoms with Gasteiger partial charge in [0.25, 0.3) is 0 Å². The van der Waals surface area contributed by atoms with Crippen LogP contribution in [0, 0.1) is 5.82 Å². The molecule has 0 bridgehead atoms. The number of amides is 1. The number of halogens is 1. The van der Waals surface area contributed by atoms with Crippen molar-refractivity contribution < 1.29 is 17.6 Å². The van der Waals surface area contributed by atoms with Gasteiger partial charge in [0.1, 0.15) is 11.6 Å². The van der Waals surface area contributed by atoms with E-state index in [2.05, 4.69) is 10.3 Å². The molecule has 1 unspecified atom stereocenters. The summed E-state index contributed by atoms with van der Waals surface area (Å²) in [5, 5.41) is 2.74. The molecule has 8 heteroatoms. The Kier molecular flexibility index (Phi) is 5.74. The minimum absolute atomic E-state index is 0.0686. The van der Waals surface area contributed by atoms with Crippen molar-refractivity contribution in [3.8, 4) is 0 Å². The summed E-state index contributed by atoms with van der Waals surface area (Å²) in [6.07, 6.45) is 2.22. The first kappa shape index (κ1) is 19.3. The molecule has 1 N–H and O–H groups in total. The fraction of sp³-hybridized carbons (Fsp3) is 0.368. The second-order valence-corrected chi connectivity index (χ2v) is 8.83. The van der Waals surface area contributed by atoms with Gasteiger partial charge in [-0.2, -0.15) is 0 Å². The number of carbonyl (C=O) groups is 1. The molecular formula is C19H22FN3O3S. The SMILES string of the molecule is CCN(c1ccc(NC(=O)Cc2cccc(F)c2)cn1)C1CCS(=O)(=O)C1. The molecule has 1 saturated heterocycles. The number of benzene rings is 1. The van der Waals surface area contributed by atoms with Crippen LogP contribution in [0.25, 0.3) is 0 Å². The maximum absolute atomic E-state index is 13.2. The van der Waals surface area contributed by atoms with E-state index >= 15 is 0 Å². The third kappa shape index (κ3) is 5.03. The summed E-state index contributed by atoms with van der Waals surface area (Å²) < 4.78 is 36.6. The fourth-order valence-electron chi connectivity index (χ4n) is 3.30. The van der Waals surface area contributed by atoms with Gasteiger partial charge in [0, 0.05) is 12.6 Å². The summed E-state index contributed by atoms with van der Waals surface area (Å²) in [6.45, 7) is 2.61. The van der Waals surface area contributed by atoms with Crippen LogP contribution in [0.1, 0.15) is 18.9 Å². The normalized spacial score (nSPS) is 18.2. The van der Waals surface area contributed by atoms with Crippen molar-refractivity contribution in [2.75, 3.05) is 28.3 Å². The minimum atomic E-state index is -2.97. The summed E-state index contributed by atoms with van der Waals surface area (Å²) in [6, 6.07) is 9.36. The number of sulfone groups is 1. The van der Waals surface area contributed by atoms with Crippen molar-refractivity contribution in [3.63, 3.8) is 0 Å². The van der Waals surface area contributed by atoms with Crippen molar-refractivity contribution in [1.29, 1.82) is 0 Å². The molecule has 0 radical (unpaired) electrons. The first-order chi connectivity index (χ1) is 12.9. The van der Waals surface area contributed by atoms with E-state index in [-0.39, 0.29) is 35.7 Å². The van der Waals surface area contributed by atoms with Crippen LogP contribution in [0.4, 0.5) is 15.9 Å². The van der Waals surface area contributed by atoms with Crippen molar-refractivity contribution in [2.45, 2.75) is 25.8 Å². The summed E-state index contributed by atoms with van der Waals surface area (Å²) in [4.78, 5) is 18.5. The molecule has 1 amide bonds. The largest absolute Gasteiger partial charge is 0.353 e. The number of carbonyl (C=O) groups excluding carboxylic acids is 1. The van der Waals surface area contributed by atoms with Crippen molar-refractivity contribution in [2.24, 2.45) is 0 Å². The van der Waals surface area contributed by atoms with Crippen LogP contribution in [0.15, 0.2) is 42.6 Å². The molecule has 1 fully saturated rings. The van der Waals surface area contributed by atoms with Crippen LogP contribution >= 0.6 is 0 Å². The van der Waals surface area contributed by atoms with Crippen LogP contribution in [0.3, 0.4) is 0 Å². The topological polar surface area (TPSA) is 79.4 Å². The predicted octanol–water partition coefficient (Wildman–Crippen LogP) is 2.42. The van der Waals surface area contributed by atoms with Gasteiger partial charge in [0.05, 0.1) is 29.8 Å². The molecule has 6 nitrogen and oxygen atoms in total. The van der Waals surface area contributed by atoms with Crippen molar-refractivity contribution in [3.05, 3.63) is 54.0 Å². The quantitative estimate of drug-likeness (QED) is 0.818. The molecule has 1 aliphatic rings. The molecule has 1 aromatic heterocycles. The van der Waals surface area contributed by atoms with E-state index < -0.39 is 9.84 Å². The molecule has 2 heterocycles. The highest BCUT2D eigenvalue weighted by Crippen LogP contribution is 2.23. The van der Waals surface area contributed by atoms with Gasteiger partial charge in [-0.05, 0) is 43.2 Å². The zero-order chi connectivity index (χ0) is 19.4. The standard InChI is InChI=1S/C19H22FN3O3S/c1-2-23(17-8-9-27(25,26)13-17)18-7-6-16(12-21-18)22-19(24)11-14-4-3-5-15(20)10-14/h3-7,10,12,17H,2,8-9,11,13H2,1H3,(H,22,24). The second kappa shape index (κ2) is 8.04. The number of anilines is 2. The number of aromatic nitrogens is 1. The minimum Gasteiger partial charge on any atom is -0.353 e. The van der Waals surface area contributed by atoms with Crippen LogP contribution < -0.4 is 10.2 Å². The van der Waals surface area contributed by atoms with Crippen LogP contribution in [0.5, 0.6) is 0 Å². The maximum Gasteiger partial charge on any atom is 0.228 e. The van der Waals surface area contributed by atoms with Gasteiger partial charge >= 0.3 is 0 Å². The average molecular weight is 391 g/mol. The first-order valence-electron chi connectivity index (χ1n) is 8.84. The molecule has 3 rings (SSSR count). The van der Waals surface area contributed by atoms with Crippen molar-refractivity contribution >= 4 is 27.2 Å². The van der Waals surface area contributed by atoms with E-state index in [4.69, 9.17) is 0 Å². The number of nitrogens with one attached hydrogen (secondary N) is 1. The van der Waals surface area contributed by atoms with E-state index in [1.807, 2.05) is 11.8 Å². The highest BCUT2D eigenvalue weighted by atomic mass is 32.2. The van der Waals surface area contributed by atoms with Crippen LogP contribution in [0.2, 0.25) is 0 Å². The highest BCUT2D eigenvalue weighted by Gasteiger charge is 2.32. The Balaban J connectivity index is 1.63. The lowest BCUT2D eigenvalue weighted by atomic mass is 10.1. The molecule has 0 aliphatic carbocycles. The van der Waals surface area contributed by atoms with Gasteiger partial charge in [0.2, 0.25) is 5.91 Å². The number of nitrogens with zero attached hydrogens (tertiary/aromatic N) is 2. The Labute approximate surface area is 158 Å². The maximum atomic E-state index is 13.2. The van der Waals surface area contributed by atoms with Gasteiger partial charge in [0.15, 0.2) is 9.84 Å². The zero-order valence-corrected chi connectivity index (χ0v) is 15.9. The summed E-state index contributed by atoms with van der Waals surface area (Å²) in [7, 11) is -2.97. The van der Waals surface area contributed by atoms with Gasteiger partial charge in [-0.3, -0.25) is 4.79 Å². The number of hydrogen-bond acceptors (Lipinski definition) is 5. The third-order valence-electron chi connectivity index (χ3n) is 4.57. The average Bonchev–Trinajstić information content (AvgIpc) is 2.96. The molecule has 1 aromatic carbocycles. The summed E-state index contributed by atoms with van der Waals surface area (Å²) >= 11 is 0. The zero-order valence-electron chi connectivity index (χ0n) is 15.1. The molecule has 2 aromatic rings. The van der Waals surface area contributed by atoms with E-state index in [1.54, 1.807) is 30.5 Å². The molecule has 0 saturated carbocycles. The molecule has 27 heavy (non-hydrogen) atoms. The van der Waals surface area contributed by atoms with Crippen LogP contribution in [-0.2, 0) is 21.1 Å². The van der Waals surface area contributed by atoms with E-state index in [9.17, 15) is 17.6 Å². The van der Waals surface area contributed by atoms with E-state index in [0.29, 0.717) is 30.0 Å².